The van der Waals surface area contributed by atoms with Crippen LogP contribution in [0.3, 0.4) is 0 Å². The molecule has 0 aliphatic carbocycles. The number of aromatic nitrogens is 2. The Morgan fingerprint density at radius 3 is 2.36 bits per heavy atom. The number of aromatic carboxylic acids is 1. The van der Waals surface area contributed by atoms with Crippen LogP contribution in [0.4, 0.5) is 0 Å². The summed E-state index contributed by atoms with van der Waals surface area (Å²) in [6, 6.07) is -0.0213. The number of hydrogen-bond acceptors (Lipinski definition) is 4. The quantitative estimate of drug-likeness (QED) is 0.786. The Labute approximate surface area is 130 Å². The van der Waals surface area contributed by atoms with Gasteiger partial charge in [-0.15, -0.1) is 0 Å². The summed E-state index contributed by atoms with van der Waals surface area (Å²) in [5.41, 5.74) is -0.354. The predicted octanol–water partition coefficient (Wildman–Crippen LogP) is 1.49. The highest BCUT2D eigenvalue weighted by atomic mass is 16.4. The number of carboxylic acids is 1. The fourth-order valence-corrected chi connectivity index (χ4v) is 3.36. The van der Waals surface area contributed by atoms with Gasteiger partial charge in [0.25, 0.3) is 5.91 Å². The van der Waals surface area contributed by atoms with Crippen molar-refractivity contribution in [1.82, 2.24) is 20.2 Å². The first kappa shape index (κ1) is 16.5. The third-order valence-corrected chi connectivity index (χ3v) is 4.71. The van der Waals surface area contributed by atoms with Crippen molar-refractivity contribution in [2.24, 2.45) is 0 Å². The summed E-state index contributed by atoms with van der Waals surface area (Å²) in [5, 5.41) is 12.0. The van der Waals surface area contributed by atoms with Gasteiger partial charge in [-0.25, -0.2) is 9.78 Å². The van der Waals surface area contributed by atoms with E-state index in [4.69, 9.17) is 5.11 Å². The van der Waals surface area contributed by atoms with Crippen molar-refractivity contribution in [3.05, 3.63) is 17.7 Å². The van der Waals surface area contributed by atoms with Crippen molar-refractivity contribution >= 4 is 11.9 Å². The van der Waals surface area contributed by atoms with E-state index in [1.165, 1.54) is 6.33 Å². The van der Waals surface area contributed by atoms with Crippen LogP contribution in [-0.2, 0) is 0 Å². The van der Waals surface area contributed by atoms with E-state index in [2.05, 4.69) is 54.9 Å². The number of carbonyl (C=O) groups is 2. The van der Waals surface area contributed by atoms with E-state index in [0.29, 0.717) is 0 Å². The molecule has 122 valence electrons. The number of nitrogens with zero attached hydrogens (tertiary/aromatic N) is 2. The van der Waals surface area contributed by atoms with Gasteiger partial charge < -0.3 is 15.4 Å². The fourth-order valence-electron chi connectivity index (χ4n) is 3.36. The molecule has 0 saturated carbocycles. The minimum absolute atomic E-state index is 0.0213. The third kappa shape index (κ3) is 2.99. The molecule has 22 heavy (non-hydrogen) atoms. The van der Waals surface area contributed by atoms with Gasteiger partial charge in [0.05, 0.1) is 6.33 Å². The number of aromatic amines is 1. The van der Waals surface area contributed by atoms with Crippen LogP contribution in [0.1, 0.15) is 61.5 Å². The molecule has 1 saturated heterocycles. The Balaban J connectivity index is 2.15. The molecule has 0 radical (unpaired) electrons. The molecule has 0 unspecified atom stereocenters. The van der Waals surface area contributed by atoms with Gasteiger partial charge in [0.1, 0.15) is 0 Å². The van der Waals surface area contributed by atoms with Crippen LogP contribution >= 0.6 is 0 Å². The lowest BCUT2D eigenvalue weighted by molar-refractivity contribution is -0.0169. The zero-order chi connectivity index (χ0) is 16.7. The Hall–Kier alpha value is -1.89. The lowest BCUT2D eigenvalue weighted by Gasteiger charge is -2.53. The average molecular weight is 308 g/mol. The second-order valence-corrected chi connectivity index (χ2v) is 7.19. The van der Waals surface area contributed by atoms with E-state index in [1.54, 1.807) is 0 Å². The van der Waals surface area contributed by atoms with Gasteiger partial charge >= 0.3 is 5.97 Å². The van der Waals surface area contributed by atoms with Crippen molar-refractivity contribution < 1.29 is 14.7 Å². The first-order chi connectivity index (χ1) is 10.0. The summed E-state index contributed by atoms with van der Waals surface area (Å²) in [7, 11) is 2.09. The average Bonchev–Trinajstić information content (AvgIpc) is 2.84. The van der Waals surface area contributed by atoms with E-state index < -0.39 is 11.9 Å². The molecule has 3 N–H and O–H groups in total. The molecular formula is C15H24N4O3. The number of amides is 1. The Kier molecular flexibility index (Phi) is 4.04. The van der Waals surface area contributed by atoms with E-state index in [0.717, 1.165) is 12.8 Å². The molecule has 1 aliphatic heterocycles. The maximum atomic E-state index is 12.3. The van der Waals surface area contributed by atoms with E-state index in [9.17, 15) is 9.59 Å². The van der Waals surface area contributed by atoms with Crippen molar-refractivity contribution in [2.75, 3.05) is 7.05 Å². The number of carboxylic acid groups (broad SMARTS) is 1. The smallest absolute Gasteiger partial charge is 0.354 e. The summed E-state index contributed by atoms with van der Waals surface area (Å²) in [4.78, 5) is 32.0. The zero-order valence-corrected chi connectivity index (χ0v) is 13.7. The van der Waals surface area contributed by atoms with Crippen molar-refractivity contribution in [2.45, 2.75) is 57.7 Å². The maximum Gasteiger partial charge on any atom is 0.354 e. The molecular weight excluding hydrogens is 284 g/mol. The molecule has 0 spiro atoms. The fraction of sp³-hybridized carbons (Fsp3) is 0.667. The highest BCUT2D eigenvalue weighted by Gasteiger charge is 2.43. The van der Waals surface area contributed by atoms with Crippen LogP contribution in [0.5, 0.6) is 0 Å². The van der Waals surface area contributed by atoms with Gasteiger partial charge in [-0.1, -0.05) is 0 Å². The summed E-state index contributed by atoms with van der Waals surface area (Å²) >= 11 is 0. The Bertz CT molecular complexity index is 573. The number of piperidine rings is 1. The summed E-state index contributed by atoms with van der Waals surface area (Å²) < 4.78 is 0. The van der Waals surface area contributed by atoms with Gasteiger partial charge in [-0.05, 0) is 47.6 Å². The lowest BCUT2D eigenvalue weighted by atomic mass is 9.77. The second kappa shape index (κ2) is 5.39. The number of nitrogens with one attached hydrogen (secondary N) is 2. The number of likely N-dealkylation sites (tertiary alicyclic amines) is 1. The highest BCUT2D eigenvalue weighted by molar-refractivity contribution is 6.02. The number of carbonyl (C=O) groups excluding carboxylic acids is 1. The number of H-pyrrole nitrogens is 1. The lowest BCUT2D eigenvalue weighted by Crippen LogP contribution is -2.62. The van der Waals surface area contributed by atoms with Crippen LogP contribution in [0.2, 0.25) is 0 Å². The monoisotopic (exact) mass is 308 g/mol. The van der Waals surface area contributed by atoms with Crippen LogP contribution in [0.25, 0.3) is 0 Å². The third-order valence-electron chi connectivity index (χ3n) is 4.71. The molecule has 0 atom stereocenters. The van der Waals surface area contributed by atoms with E-state index in [-0.39, 0.29) is 28.5 Å². The molecule has 0 aromatic carbocycles. The van der Waals surface area contributed by atoms with Gasteiger partial charge in [0.2, 0.25) is 0 Å². The standard InChI is InChI=1S/C15H24N4O3/c1-14(2)6-9(7-15(3,4)19(14)5)18-12(20)10-11(13(21)22)17-8-16-10/h8-9H,6-7H2,1-5H3,(H,16,17)(H,18,20)(H,21,22). The van der Waals surface area contributed by atoms with Crippen LogP contribution in [0.15, 0.2) is 6.33 Å². The summed E-state index contributed by atoms with van der Waals surface area (Å²) in [6.07, 6.45) is 2.82. The number of imidazole rings is 1. The van der Waals surface area contributed by atoms with Gasteiger partial charge in [0.15, 0.2) is 11.4 Å². The predicted molar refractivity (Wildman–Crippen MR) is 82.0 cm³/mol. The van der Waals surface area contributed by atoms with Crippen molar-refractivity contribution in [3.63, 3.8) is 0 Å². The summed E-state index contributed by atoms with van der Waals surface area (Å²) in [5.74, 6) is -1.63. The SMILES string of the molecule is CN1C(C)(C)CC(NC(=O)c2nc[nH]c2C(=O)O)CC1(C)C. The molecule has 1 aliphatic rings. The summed E-state index contributed by atoms with van der Waals surface area (Å²) in [6.45, 7) is 8.57. The molecule has 1 aromatic heterocycles. The van der Waals surface area contributed by atoms with Gasteiger partial charge in [-0.2, -0.15) is 0 Å². The van der Waals surface area contributed by atoms with Crippen LogP contribution < -0.4 is 5.32 Å². The van der Waals surface area contributed by atoms with Crippen LogP contribution in [-0.4, -0.2) is 56.0 Å². The molecule has 1 aromatic rings. The number of rotatable bonds is 3. The normalized spacial score (nSPS) is 21.5. The topological polar surface area (TPSA) is 98.3 Å². The van der Waals surface area contributed by atoms with Crippen molar-refractivity contribution in [1.29, 1.82) is 0 Å². The Morgan fingerprint density at radius 1 is 1.32 bits per heavy atom. The number of hydrogen-bond donors (Lipinski definition) is 3. The van der Waals surface area contributed by atoms with E-state index in [1.807, 2.05) is 0 Å². The molecule has 2 rings (SSSR count). The van der Waals surface area contributed by atoms with Gasteiger partial charge in [0, 0.05) is 17.1 Å². The first-order valence-corrected chi connectivity index (χ1v) is 7.36. The molecule has 7 nitrogen and oxygen atoms in total. The molecule has 1 amide bonds. The minimum atomic E-state index is -1.19. The Morgan fingerprint density at radius 2 is 1.86 bits per heavy atom. The van der Waals surface area contributed by atoms with Crippen LogP contribution in [0, 0.1) is 0 Å². The zero-order valence-electron chi connectivity index (χ0n) is 13.7. The molecule has 0 bridgehead atoms. The minimum Gasteiger partial charge on any atom is -0.477 e. The molecule has 2 heterocycles. The second-order valence-electron chi connectivity index (χ2n) is 7.19. The highest BCUT2D eigenvalue weighted by Crippen LogP contribution is 2.36. The van der Waals surface area contributed by atoms with E-state index >= 15 is 0 Å². The maximum absolute atomic E-state index is 12.3. The molecule has 1 fully saturated rings. The van der Waals surface area contributed by atoms with Crippen molar-refractivity contribution in [3.8, 4) is 0 Å². The van der Waals surface area contributed by atoms with Gasteiger partial charge in [-0.3, -0.25) is 9.69 Å². The largest absolute Gasteiger partial charge is 0.477 e. The first-order valence-electron chi connectivity index (χ1n) is 7.36. The molecule has 7 heteroatoms.